The van der Waals surface area contributed by atoms with E-state index in [2.05, 4.69) is 167 Å². The van der Waals surface area contributed by atoms with Crippen molar-refractivity contribution in [3.63, 3.8) is 0 Å². The fourth-order valence-corrected chi connectivity index (χ4v) is 8.45. The second-order valence-electron chi connectivity index (χ2n) is 13.8. The molecule has 2 bridgehead atoms. The molecule has 0 saturated heterocycles. The van der Waals surface area contributed by atoms with Crippen LogP contribution >= 0.6 is 0 Å². The van der Waals surface area contributed by atoms with Crippen LogP contribution in [0.25, 0.3) is 50.5 Å². The molecule has 0 amide bonds. The van der Waals surface area contributed by atoms with Gasteiger partial charge in [-0.15, -0.1) is 0 Å². The second kappa shape index (κ2) is 12.5. The molecule has 0 aromatic heterocycles. The summed E-state index contributed by atoms with van der Waals surface area (Å²) in [7, 11) is 0. The zero-order chi connectivity index (χ0) is 34.6. The van der Waals surface area contributed by atoms with Crippen LogP contribution in [0.1, 0.15) is 51.6 Å². The number of nitrogens with one attached hydrogen (secondary N) is 2. The average Bonchev–Trinajstić information content (AvgIpc) is 3.33. The minimum absolute atomic E-state index is 0.0208. The SMILES string of the molecule is Fc1c2ccc3c1N(CC=C3)C(c1ccc(-c3c4ccccc4c(C4NC(c5ccccc5)=CC(c5ccccc5)N4)c4ccccc34)cc1)C=C2. The molecule has 10 rings (SSSR count). The van der Waals surface area contributed by atoms with Crippen LogP contribution in [-0.4, -0.2) is 6.54 Å². The average molecular weight is 674 g/mol. The van der Waals surface area contributed by atoms with E-state index in [-0.39, 0.29) is 24.1 Å². The first kappa shape index (κ1) is 30.6. The van der Waals surface area contributed by atoms with Gasteiger partial charge in [0.2, 0.25) is 0 Å². The molecular formula is C48H36FN3. The number of anilines is 1. The molecule has 0 spiro atoms. The van der Waals surface area contributed by atoms with Crippen molar-refractivity contribution in [1.29, 1.82) is 0 Å². The quantitative estimate of drug-likeness (QED) is 0.178. The van der Waals surface area contributed by atoms with Gasteiger partial charge >= 0.3 is 0 Å². The van der Waals surface area contributed by atoms with Crippen LogP contribution in [0, 0.1) is 5.82 Å². The van der Waals surface area contributed by atoms with Crippen LogP contribution in [0.3, 0.4) is 0 Å². The Hall–Kier alpha value is -6.23. The lowest BCUT2D eigenvalue weighted by molar-refractivity contribution is 0.447. The monoisotopic (exact) mass is 673 g/mol. The molecule has 250 valence electrons. The molecule has 3 heterocycles. The van der Waals surface area contributed by atoms with E-state index in [0.29, 0.717) is 17.8 Å². The standard InChI is InChI=1S/C48H36FN3/c49-46-35-25-26-36-16-11-29-52(47(36)46)43(28-27-35)33-21-23-34(24-22-33)44-37-17-7-9-19-39(37)45(40-20-10-8-18-38(40)44)48-50-41(31-12-3-1-4-13-31)30-42(51-48)32-14-5-2-6-15-32/h1-28,30,41,43,48,50-51H,29H2. The first-order valence-electron chi connectivity index (χ1n) is 18.0. The summed E-state index contributed by atoms with van der Waals surface area (Å²) >= 11 is 0. The van der Waals surface area contributed by atoms with Crippen molar-refractivity contribution in [2.75, 3.05) is 11.4 Å². The molecule has 0 aliphatic carbocycles. The minimum Gasteiger partial charge on any atom is -0.366 e. The number of halogens is 1. The third kappa shape index (κ3) is 5.06. The molecular weight excluding hydrogens is 638 g/mol. The van der Waals surface area contributed by atoms with E-state index in [1.54, 1.807) is 0 Å². The van der Waals surface area contributed by atoms with E-state index >= 15 is 4.39 Å². The Balaban J connectivity index is 1.09. The topological polar surface area (TPSA) is 27.3 Å². The lowest BCUT2D eigenvalue weighted by Crippen LogP contribution is -2.39. The highest BCUT2D eigenvalue weighted by molar-refractivity contribution is 6.15. The molecule has 4 heteroatoms. The third-order valence-electron chi connectivity index (χ3n) is 10.9. The van der Waals surface area contributed by atoms with Crippen LogP contribution < -0.4 is 15.5 Å². The predicted octanol–water partition coefficient (Wildman–Crippen LogP) is 11.4. The van der Waals surface area contributed by atoms with Gasteiger partial charge in [0.15, 0.2) is 5.82 Å². The van der Waals surface area contributed by atoms with Crippen LogP contribution in [0.2, 0.25) is 0 Å². The Labute approximate surface area is 303 Å². The third-order valence-corrected chi connectivity index (χ3v) is 10.9. The first-order chi connectivity index (χ1) is 25.7. The van der Waals surface area contributed by atoms with E-state index in [0.717, 1.165) is 28.0 Å². The van der Waals surface area contributed by atoms with Crippen molar-refractivity contribution in [3.05, 3.63) is 203 Å². The fourth-order valence-electron chi connectivity index (χ4n) is 8.45. The molecule has 0 radical (unpaired) electrons. The fraction of sp³-hybridized carbons (Fsp3) is 0.0833. The molecule has 7 aromatic carbocycles. The minimum atomic E-state index is -0.152. The van der Waals surface area contributed by atoms with Gasteiger partial charge < -0.3 is 10.2 Å². The zero-order valence-corrected chi connectivity index (χ0v) is 28.5. The van der Waals surface area contributed by atoms with Gasteiger partial charge in [0, 0.05) is 28.9 Å². The van der Waals surface area contributed by atoms with Crippen molar-refractivity contribution in [3.8, 4) is 11.1 Å². The highest BCUT2D eigenvalue weighted by atomic mass is 19.1. The van der Waals surface area contributed by atoms with E-state index in [9.17, 15) is 0 Å². The van der Waals surface area contributed by atoms with Crippen molar-refractivity contribution < 1.29 is 4.39 Å². The largest absolute Gasteiger partial charge is 0.366 e. The number of rotatable bonds is 5. The molecule has 3 unspecified atom stereocenters. The lowest BCUT2D eigenvalue weighted by atomic mass is 9.86. The summed E-state index contributed by atoms with van der Waals surface area (Å²) < 4.78 is 15.6. The smallest absolute Gasteiger partial charge is 0.154 e. The predicted molar refractivity (Wildman–Crippen MR) is 214 cm³/mol. The molecule has 3 aliphatic rings. The van der Waals surface area contributed by atoms with Gasteiger partial charge in [-0.3, -0.25) is 5.32 Å². The van der Waals surface area contributed by atoms with Crippen molar-refractivity contribution in [2.24, 2.45) is 0 Å². The number of hydrogen-bond donors (Lipinski definition) is 2. The zero-order valence-electron chi connectivity index (χ0n) is 28.5. The summed E-state index contributed by atoms with van der Waals surface area (Å²) in [6.07, 6.45) is 10.4. The van der Waals surface area contributed by atoms with Crippen molar-refractivity contribution in [1.82, 2.24) is 10.6 Å². The van der Waals surface area contributed by atoms with E-state index in [1.807, 2.05) is 24.3 Å². The van der Waals surface area contributed by atoms with Crippen LogP contribution in [0.4, 0.5) is 10.1 Å². The van der Waals surface area contributed by atoms with Crippen LogP contribution in [0.15, 0.2) is 164 Å². The Morgan fingerprint density at radius 3 is 1.92 bits per heavy atom. The Morgan fingerprint density at radius 1 is 0.577 bits per heavy atom. The van der Waals surface area contributed by atoms with Gasteiger partial charge in [-0.05, 0) is 55.4 Å². The molecule has 7 aromatic rings. The van der Waals surface area contributed by atoms with Crippen molar-refractivity contribution >= 4 is 45.1 Å². The van der Waals surface area contributed by atoms with E-state index in [1.165, 1.54) is 38.2 Å². The van der Waals surface area contributed by atoms with Crippen molar-refractivity contribution in [2.45, 2.75) is 18.2 Å². The maximum atomic E-state index is 15.6. The van der Waals surface area contributed by atoms with E-state index < -0.39 is 0 Å². The van der Waals surface area contributed by atoms with Gasteiger partial charge in [-0.1, -0.05) is 170 Å². The van der Waals surface area contributed by atoms with Gasteiger partial charge in [0.1, 0.15) is 6.17 Å². The second-order valence-corrected chi connectivity index (χ2v) is 13.8. The maximum Gasteiger partial charge on any atom is 0.154 e. The van der Waals surface area contributed by atoms with Crippen LogP contribution in [-0.2, 0) is 0 Å². The molecule has 3 aliphatic heterocycles. The number of nitrogens with zero attached hydrogens (tertiary/aromatic N) is 1. The number of hydrogen-bond acceptors (Lipinski definition) is 3. The highest BCUT2D eigenvalue weighted by Crippen LogP contribution is 2.44. The normalized spacial score (nSPS) is 19.0. The summed E-state index contributed by atoms with van der Waals surface area (Å²) in [5.74, 6) is -0.140. The first-order valence-corrected chi connectivity index (χ1v) is 18.0. The molecule has 3 nitrogen and oxygen atoms in total. The molecule has 2 N–H and O–H groups in total. The Kier molecular flexibility index (Phi) is 7.36. The molecule has 0 saturated carbocycles. The van der Waals surface area contributed by atoms with Gasteiger partial charge in [0.05, 0.1) is 17.8 Å². The summed E-state index contributed by atoms with van der Waals surface area (Å²) in [6.45, 7) is 0.663. The summed E-state index contributed by atoms with van der Waals surface area (Å²) in [6, 6.07) is 51.7. The highest BCUT2D eigenvalue weighted by Gasteiger charge is 2.30. The van der Waals surface area contributed by atoms with Crippen LogP contribution in [0.5, 0.6) is 0 Å². The molecule has 3 atom stereocenters. The Morgan fingerprint density at radius 2 is 1.21 bits per heavy atom. The summed E-state index contributed by atoms with van der Waals surface area (Å²) in [5, 5.41) is 12.7. The van der Waals surface area contributed by atoms with Gasteiger partial charge in [-0.2, -0.15) is 0 Å². The maximum absolute atomic E-state index is 15.6. The Bertz CT molecular complexity index is 2510. The number of benzene rings is 7. The summed E-state index contributed by atoms with van der Waals surface area (Å²) in [5.41, 5.74) is 10.5. The van der Waals surface area contributed by atoms with Gasteiger partial charge in [-0.25, -0.2) is 4.39 Å². The summed E-state index contributed by atoms with van der Waals surface area (Å²) in [4.78, 5) is 2.18. The lowest BCUT2D eigenvalue weighted by Gasteiger charge is -2.35. The molecule has 0 fully saturated rings. The number of fused-ring (bicyclic) bond motifs is 3. The van der Waals surface area contributed by atoms with E-state index in [4.69, 9.17) is 0 Å². The molecule has 52 heavy (non-hydrogen) atoms. The van der Waals surface area contributed by atoms with Gasteiger partial charge in [0.25, 0.3) is 0 Å².